The number of hydrogen-bond donors (Lipinski definition) is 1. The first-order chi connectivity index (χ1) is 8.09. The second kappa shape index (κ2) is 5.07. The van der Waals surface area contributed by atoms with E-state index >= 15 is 0 Å². The van der Waals surface area contributed by atoms with Crippen LogP contribution in [0, 0.1) is 5.92 Å². The summed E-state index contributed by atoms with van der Waals surface area (Å²) in [6, 6.07) is -0.0222. The van der Waals surface area contributed by atoms with Crippen molar-refractivity contribution >= 4 is 11.9 Å². The molecular formula is C13H22N2O2. The number of carbonyl (C=O) groups is 2. The van der Waals surface area contributed by atoms with Gasteiger partial charge in [-0.25, -0.2) is 4.79 Å². The van der Waals surface area contributed by atoms with Gasteiger partial charge in [-0.2, -0.15) is 0 Å². The lowest BCUT2D eigenvalue weighted by Gasteiger charge is -2.39. The fourth-order valence-corrected chi connectivity index (χ4v) is 2.79. The predicted molar refractivity (Wildman–Crippen MR) is 65.5 cm³/mol. The van der Waals surface area contributed by atoms with Crippen LogP contribution in [-0.2, 0) is 4.79 Å². The molecule has 17 heavy (non-hydrogen) atoms. The van der Waals surface area contributed by atoms with Gasteiger partial charge in [0.2, 0.25) is 5.91 Å². The molecule has 2 fully saturated rings. The van der Waals surface area contributed by atoms with E-state index in [2.05, 4.69) is 5.32 Å². The normalized spacial score (nSPS) is 27.5. The number of imide groups is 1. The van der Waals surface area contributed by atoms with E-state index in [1.165, 1.54) is 11.3 Å². The van der Waals surface area contributed by atoms with Crippen molar-refractivity contribution in [3.05, 3.63) is 0 Å². The molecule has 1 heterocycles. The zero-order valence-corrected chi connectivity index (χ0v) is 10.7. The van der Waals surface area contributed by atoms with Gasteiger partial charge in [0.25, 0.3) is 0 Å². The van der Waals surface area contributed by atoms with Crippen molar-refractivity contribution in [1.29, 1.82) is 0 Å². The Balaban J connectivity index is 2.04. The van der Waals surface area contributed by atoms with E-state index in [1.807, 2.05) is 13.8 Å². The average molecular weight is 238 g/mol. The summed E-state index contributed by atoms with van der Waals surface area (Å²) in [7, 11) is 0. The van der Waals surface area contributed by atoms with E-state index in [9.17, 15) is 9.59 Å². The van der Waals surface area contributed by atoms with Crippen LogP contribution in [0.15, 0.2) is 0 Å². The summed E-state index contributed by atoms with van der Waals surface area (Å²) in [6.07, 6.45) is 5.91. The summed E-state index contributed by atoms with van der Waals surface area (Å²) < 4.78 is 0. The first kappa shape index (κ1) is 12.4. The Labute approximate surface area is 103 Å². The Kier molecular flexibility index (Phi) is 3.69. The molecule has 1 atom stereocenters. The molecule has 1 saturated carbocycles. The van der Waals surface area contributed by atoms with Crippen molar-refractivity contribution in [1.82, 2.24) is 10.2 Å². The lowest BCUT2D eigenvalue weighted by molar-refractivity contribution is -0.133. The van der Waals surface area contributed by atoms with Gasteiger partial charge in [-0.1, -0.05) is 33.1 Å². The monoisotopic (exact) mass is 238 g/mol. The van der Waals surface area contributed by atoms with Gasteiger partial charge in [-0.3, -0.25) is 9.69 Å². The molecule has 0 radical (unpaired) electrons. The molecule has 0 bridgehead atoms. The van der Waals surface area contributed by atoms with Gasteiger partial charge >= 0.3 is 6.03 Å². The van der Waals surface area contributed by atoms with E-state index in [0.717, 1.165) is 25.7 Å². The van der Waals surface area contributed by atoms with Gasteiger partial charge in [-0.15, -0.1) is 0 Å². The van der Waals surface area contributed by atoms with Crippen molar-refractivity contribution in [3.63, 3.8) is 0 Å². The Hall–Kier alpha value is -1.06. The number of hydrogen-bond acceptors (Lipinski definition) is 2. The molecule has 2 rings (SSSR count). The van der Waals surface area contributed by atoms with Crippen LogP contribution in [0.25, 0.3) is 0 Å². The van der Waals surface area contributed by atoms with Crippen LogP contribution in [-0.4, -0.2) is 28.9 Å². The number of amides is 3. The molecule has 0 aromatic carbocycles. The summed E-state index contributed by atoms with van der Waals surface area (Å²) in [5.41, 5.74) is 0. The minimum absolute atomic E-state index is 0.00911. The van der Waals surface area contributed by atoms with E-state index in [0.29, 0.717) is 12.3 Å². The first-order valence-electron chi connectivity index (χ1n) is 6.72. The van der Waals surface area contributed by atoms with Gasteiger partial charge in [0.15, 0.2) is 0 Å². The topological polar surface area (TPSA) is 49.4 Å². The lowest BCUT2D eigenvalue weighted by atomic mass is 9.92. The standard InChI is InChI=1S/C13H22N2O2/c1-9(2)11-8-12(16)15(13(17)14-11)10-6-4-3-5-7-10/h9-11H,3-8H2,1-2H3,(H,14,17). The fraction of sp³-hybridized carbons (Fsp3) is 0.846. The number of nitrogens with zero attached hydrogens (tertiary/aromatic N) is 1. The van der Waals surface area contributed by atoms with E-state index in [1.54, 1.807) is 0 Å². The predicted octanol–water partition coefficient (Wildman–Crippen LogP) is 2.29. The van der Waals surface area contributed by atoms with Gasteiger partial charge in [0, 0.05) is 18.5 Å². The maximum atomic E-state index is 12.1. The van der Waals surface area contributed by atoms with Crippen LogP contribution >= 0.6 is 0 Å². The quantitative estimate of drug-likeness (QED) is 0.802. The molecule has 1 N–H and O–H groups in total. The Morgan fingerprint density at radius 1 is 1.18 bits per heavy atom. The maximum absolute atomic E-state index is 12.1. The SMILES string of the molecule is CC(C)C1CC(=O)N(C2CCCCC2)C(=O)N1. The molecule has 1 unspecified atom stereocenters. The van der Waals surface area contributed by atoms with Crippen LogP contribution in [0.5, 0.6) is 0 Å². The van der Waals surface area contributed by atoms with Crippen LogP contribution < -0.4 is 5.32 Å². The second-order valence-electron chi connectivity index (χ2n) is 5.56. The van der Waals surface area contributed by atoms with Gasteiger partial charge < -0.3 is 5.32 Å². The van der Waals surface area contributed by atoms with Crippen LogP contribution in [0.2, 0.25) is 0 Å². The molecule has 3 amide bonds. The van der Waals surface area contributed by atoms with Crippen molar-refractivity contribution in [3.8, 4) is 0 Å². The zero-order chi connectivity index (χ0) is 12.4. The van der Waals surface area contributed by atoms with E-state index < -0.39 is 0 Å². The highest BCUT2D eigenvalue weighted by molar-refractivity contribution is 5.97. The Morgan fingerprint density at radius 3 is 2.35 bits per heavy atom. The van der Waals surface area contributed by atoms with Gasteiger partial charge in [0.1, 0.15) is 0 Å². The molecule has 0 spiro atoms. The molecule has 4 heteroatoms. The van der Waals surface area contributed by atoms with E-state index in [4.69, 9.17) is 0 Å². The molecule has 0 aromatic heterocycles. The number of nitrogens with one attached hydrogen (secondary N) is 1. The minimum atomic E-state index is -0.174. The molecule has 2 aliphatic rings. The first-order valence-corrected chi connectivity index (χ1v) is 6.72. The molecule has 1 aliphatic carbocycles. The number of carbonyl (C=O) groups excluding carboxylic acids is 2. The maximum Gasteiger partial charge on any atom is 0.324 e. The number of urea groups is 1. The Morgan fingerprint density at radius 2 is 1.82 bits per heavy atom. The molecule has 96 valence electrons. The van der Waals surface area contributed by atoms with Crippen LogP contribution in [0.1, 0.15) is 52.4 Å². The third-order valence-corrected chi connectivity index (χ3v) is 3.94. The van der Waals surface area contributed by atoms with Crippen LogP contribution in [0.3, 0.4) is 0 Å². The van der Waals surface area contributed by atoms with Crippen LogP contribution in [0.4, 0.5) is 4.79 Å². The highest BCUT2D eigenvalue weighted by atomic mass is 16.2. The van der Waals surface area contributed by atoms with Gasteiger partial charge in [-0.05, 0) is 18.8 Å². The molecule has 1 aliphatic heterocycles. The smallest absolute Gasteiger partial charge is 0.324 e. The molecule has 0 aromatic rings. The van der Waals surface area contributed by atoms with Crippen molar-refractivity contribution in [2.24, 2.45) is 5.92 Å². The fourth-order valence-electron chi connectivity index (χ4n) is 2.79. The second-order valence-corrected chi connectivity index (χ2v) is 5.56. The summed E-state index contributed by atoms with van der Waals surface area (Å²) in [5, 5.41) is 2.96. The molecule has 1 saturated heterocycles. The van der Waals surface area contributed by atoms with Crippen molar-refractivity contribution < 1.29 is 9.59 Å². The summed E-state index contributed by atoms with van der Waals surface area (Å²) in [4.78, 5) is 25.6. The highest BCUT2D eigenvalue weighted by Crippen LogP contribution is 2.26. The van der Waals surface area contributed by atoms with Crippen molar-refractivity contribution in [2.75, 3.05) is 0 Å². The van der Waals surface area contributed by atoms with Gasteiger partial charge in [0.05, 0.1) is 0 Å². The largest absolute Gasteiger partial charge is 0.334 e. The Bertz CT molecular complexity index is 291. The lowest BCUT2D eigenvalue weighted by Crippen LogP contribution is -2.59. The summed E-state index contributed by atoms with van der Waals surface area (Å²) in [6.45, 7) is 4.07. The zero-order valence-electron chi connectivity index (χ0n) is 10.7. The number of rotatable bonds is 2. The van der Waals surface area contributed by atoms with Crippen molar-refractivity contribution in [2.45, 2.75) is 64.5 Å². The molecule has 4 nitrogen and oxygen atoms in total. The average Bonchev–Trinajstić information content (AvgIpc) is 2.29. The third kappa shape index (κ3) is 2.61. The highest BCUT2D eigenvalue weighted by Gasteiger charge is 2.37. The minimum Gasteiger partial charge on any atom is -0.334 e. The third-order valence-electron chi connectivity index (χ3n) is 3.94. The summed E-state index contributed by atoms with van der Waals surface area (Å²) >= 11 is 0. The molecular weight excluding hydrogens is 216 g/mol. The summed E-state index contributed by atoms with van der Waals surface area (Å²) in [5.74, 6) is 0.329. The van der Waals surface area contributed by atoms with E-state index in [-0.39, 0.29) is 24.0 Å².